The highest BCUT2D eigenvalue weighted by Crippen LogP contribution is 2.38. The lowest BCUT2D eigenvalue weighted by molar-refractivity contribution is -0.123. The van der Waals surface area contributed by atoms with E-state index in [1.165, 1.54) is 40.4 Å². The van der Waals surface area contributed by atoms with Gasteiger partial charge in [0.05, 0.1) is 26.9 Å². The SMILES string of the molecule is COc1cc(C(=O)O[C@@H](C)C(=O)Nc2c(C)cccc2C(C)C)cc(OC)c1OC. The number of benzene rings is 2. The Balaban J connectivity index is 2.20. The third kappa shape index (κ3) is 5.03. The van der Waals surface area contributed by atoms with E-state index >= 15 is 0 Å². The van der Waals surface area contributed by atoms with Crippen LogP contribution in [-0.4, -0.2) is 39.3 Å². The summed E-state index contributed by atoms with van der Waals surface area (Å²) in [6.07, 6.45) is -1.00. The number of ether oxygens (including phenoxy) is 4. The zero-order chi connectivity index (χ0) is 22.4. The lowest BCUT2D eigenvalue weighted by Crippen LogP contribution is -2.30. The van der Waals surface area contributed by atoms with Crippen LogP contribution < -0.4 is 19.5 Å². The maximum atomic E-state index is 12.7. The standard InChI is InChI=1S/C23H29NO6/c1-13(2)17-10-8-9-14(3)20(17)24-22(25)15(4)30-23(26)16-11-18(27-5)21(29-7)19(12-16)28-6/h8-13,15H,1-7H3,(H,24,25)/t15-/m0/s1. The number of anilines is 1. The predicted octanol–water partition coefficient (Wildman–Crippen LogP) is 4.33. The molecule has 1 N–H and O–H groups in total. The van der Waals surface area contributed by atoms with Gasteiger partial charge in [-0.15, -0.1) is 0 Å². The first-order valence-corrected chi connectivity index (χ1v) is 9.64. The molecule has 0 aliphatic rings. The Bertz CT molecular complexity index is 897. The summed E-state index contributed by atoms with van der Waals surface area (Å²) in [5.41, 5.74) is 2.89. The highest BCUT2D eigenvalue weighted by atomic mass is 16.5. The third-order valence-electron chi connectivity index (χ3n) is 4.73. The topological polar surface area (TPSA) is 83.1 Å². The second kappa shape index (κ2) is 10.0. The van der Waals surface area contributed by atoms with Gasteiger partial charge in [0.15, 0.2) is 17.6 Å². The van der Waals surface area contributed by atoms with Crippen LogP contribution >= 0.6 is 0 Å². The Hall–Kier alpha value is -3.22. The first kappa shape index (κ1) is 23.1. The third-order valence-corrected chi connectivity index (χ3v) is 4.73. The fourth-order valence-electron chi connectivity index (χ4n) is 3.05. The van der Waals surface area contributed by atoms with Crippen LogP contribution in [0.25, 0.3) is 0 Å². The van der Waals surface area contributed by atoms with Crippen LogP contribution in [0.15, 0.2) is 30.3 Å². The molecule has 0 saturated heterocycles. The molecule has 0 radical (unpaired) electrons. The van der Waals surface area contributed by atoms with Crippen LogP contribution in [0.5, 0.6) is 17.2 Å². The molecule has 1 atom stereocenters. The molecule has 0 fully saturated rings. The largest absolute Gasteiger partial charge is 0.493 e. The molecule has 0 saturated carbocycles. The molecule has 1 amide bonds. The Morgan fingerprint density at radius 3 is 2.03 bits per heavy atom. The first-order valence-electron chi connectivity index (χ1n) is 9.64. The average Bonchev–Trinajstić information content (AvgIpc) is 2.73. The van der Waals surface area contributed by atoms with Crippen molar-refractivity contribution >= 4 is 17.6 Å². The molecule has 7 nitrogen and oxygen atoms in total. The average molecular weight is 415 g/mol. The zero-order valence-electron chi connectivity index (χ0n) is 18.5. The zero-order valence-corrected chi connectivity index (χ0v) is 18.5. The van der Waals surface area contributed by atoms with Gasteiger partial charge in [-0.05, 0) is 43.0 Å². The van der Waals surface area contributed by atoms with Crippen molar-refractivity contribution in [2.75, 3.05) is 26.6 Å². The van der Waals surface area contributed by atoms with Gasteiger partial charge in [-0.1, -0.05) is 32.0 Å². The summed E-state index contributed by atoms with van der Waals surface area (Å²) in [5, 5.41) is 2.89. The van der Waals surface area contributed by atoms with Gasteiger partial charge >= 0.3 is 5.97 Å². The number of nitrogens with one attached hydrogen (secondary N) is 1. The van der Waals surface area contributed by atoms with Gasteiger partial charge in [0.25, 0.3) is 5.91 Å². The molecule has 0 spiro atoms. The summed E-state index contributed by atoms with van der Waals surface area (Å²) >= 11 is 0. The van der Waals surface area contributed by atoms with E-state index in [0.29, 0.717) is 17.2 Å². The Labute approximate surface area is 177 Å². The maximum absolute atomic E-state index is 12.7. The van der Waals surface area contributed by atoms with E-state index in [1.807, 2.05) is 25.1 Å². The molecule has 0 aromatic heterocycles. The number of esters is 1. The molecule has 162 valence electrons. The summed E-state index contributed by atoms with van der Waals surface area (Å²) in [5.74, 6) is 0.155. The smallest absolute Gasteiger partial charge is 0.339 e. The molecule has 7 heteroatoms. The van der Waals surface area contributed by atoms with E-state index in [2.05, 4.69) is 19.2 Å². The summed E-state index contributed by atoms with van der Waals surface area (Å²) in [6, 6.07) is 8.81. The number of rotatable bonds is 8. The highest BCUT2D eigenvalue weighted by molar-refractivity contribution is 5.98. The lowest BCUT2D eigenvalue weighted by atomic mass is 9.98. The minimum atomic E-state index is -1.00. The molecule has 0 bridgehead atoms. The summed E-state index contributed by atoms with van der Waals surface area (Å²) in [7, 11) is 4.38. The summed E-state index contributed by atoms with van der Waals surface area (Å²) in [4.78, 5) is 25.3. The molecule has 2 aromatic carbocycles. The number of carbonyl (C=O) groups is 2. The van der Waals surface area contributed by atoms with E-state index in [0.717, 1.165) is 16.8 Å². The van der Waals surface area contributed by atoms with Gasteiger partial charge in [0.2, 0.25) is 5.75 Å². The van der Waals surface area contributed by atoms with Crippen molar-refractivity contribution in [3.05, 3.63) is 47.0 Å². The molecular formula is C23H29NO6. The highest BCUT2D eigenvalue weighted by Gasteiger charge is 2.23. The van der Waals surface area contributed by atoms with Crippen molar-refractivity contribution in [1.82, 2.24) is 0 Å². The van der Waals surface area contributed by atoms with Crippen molar-refractivity contribution in [3.8, 4) is 17.2 Å². The van der Waals surface area contributed by atoms with Crippen molar-refractivity contribution in [2.45, 2.75) is 39.7 Å². The molecule has 0 unspecified atom stereocenters. The Kier molecular flexibility index (Phi) is 7.69. The molecule has 2 rings (SSSR count). The van der Waals surface area contributed by atoms with Gasteiger partial charge in [-0.2, -0.15) is 0 Å². The Morgan fingerprint density at radius 2 is 1.53 bits per heavy atom. The van der Waals surface area contributed by atoms with Gasteiger partial charge < -0.3 is 24.3 Å². The van der Waals surface area contributed by atoms with E-state index in [1.54, 1.807) is 0 Å². The van der Waals surface area contributed by atoms with Crippen LogP contribution in [0.2, 0.25) is 0 Å². The van der Waals surface area contributed by atoms with Crippen LogP contribution in [-0.2, 0) is 9.53 Å². The predicted molar refractivity (Wildman–Crippen MR) is 115 cm³/mol. The van der Waals surface area contributed by atoms with Crippen molar-refractivity contribution < 1.29 is 28.5 Å². The fourth-order valence-corrected chi connectivity index (χ4v) is 3.05. The normalized spacial score (nSPS) is 11.6. The summed E-state index contributed by atoms with van der Waals surface area (Å²) in [6.45, 7) is 7.56. The lowest BCUT2D eigenvalue weighted by Gasteiger charge is -2.19. The van der Waals surface area contributed by atoms with Crippen LogP contribution in [0.4, 0.5) is 5.69 Å². The van der Waals surface area contributed by atoms with E-state index < -0.39 is 18.0 Å². The second-order valence-electron chi connectivity index (χ2n) is 7.14. The monoisotopic (exact) mass is 415 g/mol. The van der Waals surface area contributed by atoms with Crippen molar-refractivity contribution in [1.29, 1.82) is 0 Å². The minimum absolute atomic E-state index is 0.183. The molecule has 30 heavy (non-hydrogen) atoms. The van der Waals surface area contributed by atoms with Gasteiger partial charge in [-0.3, -0.25) is 4.79 Å². The number of hydrogen-bond donors (Lipinski definition) is 1. The molecular weight excluding hydrogens is 386 g/mol. The molecule has 0 aliphatic heterocycles. The summed E-state index contributed by atoms with van der Waals surface area (Å²) < 4.78 is 21.1. The maximum Gasteiger partial charge on any atom is 0.339 e. The Morgan fingerprint density at radius 1 is 0.933 bits per heavy atom. The number of aryl methyl sites for hydroxylation is 1. The number of hydrogen-bond acceptors (Lipinski definition) is 6. The first-order chi connectivity index (χ1) is 14.2. The second-order valence-corrected chi connectivity index (χ2v) is 7.14. The fraction of sp³-hybridized carbons (Fsp3) is 0.391. The molecule has 2 aromatic rings. The van der Waals surface area contributed by atoms with Crippen molar-refractivity contribution in [2.24, 2.45) is 0 Å². The van der Waals surface area contributed by atoms with Gasteiger partial charge in [0, 0.05) is 5.69 Å². The number of para-hydroxylation sites is 1. The number of methoxy groups -OCH3 is 3. The van der Waals surface area contributed by atoms with Crippen LogP contribution in [0.1, 0.15) is 48.2 Å². The molecule has 0 aliphatic carbocycles. The number of amides is 1. The number of carbonyl (C=O) groups excluding carboxylic acids is 2. The van der Waals surface area contributed by atoms with E-state index in [-0.39, 0.29) is 11.5 Å². The van der Waals surface area contributed by atoms with Crippen molar-refractivity contribution in [3.63, 3.8) is 0 Å². The van der Waals surface area contributed by atoms with E-state index in [4.69, 9.17) is 18.9 Å². The molecule has 0 heterocycles. The van der Waals surface area contributed by atoms with Gasteiger partial charge in [0.1, 0.15) is 0 Å². The van der Waals surface area contributed by atoms with Crippen LogP contribution in [0, 0.1) is 6.92 Å². The van der Waals surface area contributed by atoms with E-state index in [9.17, 15) is 9.59 Å². The van der Waals surface area contributed by atoms with Crippen LogP contribution in [0.3, 0.4) is 0 Å². The van der Waals surface area contributed by atoms with Gasteiger partial charge in [-0.25, -0.2) is 4.79 Å². The minimum Gasteiger partial charge on any atom is -0.493 e. The quantitative estimate of drug-likeness (QED) is 0.646.